The Labute approximate surface area is 125 Å². The van der Waals surface area contributed by atoms with Crippen LogP contribution in [0.4, 0.5) is 4.39 Å². The van der Waals surface area contributed by atoms with Gasteiger partial charge in [0.25, 0.3) is 5.91 Å². The first-order valence-electron chi connectivity index (χ1n) is 6.31. The highest BCUT2D eigenvalue weighted by molar-refractivity contribution is 9.10. The SMILES string of the molecule is CC(C)N(CCCC(=O)O)C(=O)c1cccc(Br)c1F. The van der Waals surface area contributed by atoms with Gasteiger partial charge in [0.15, 0.2) is 0 Å². The largest absolute Gasteiger partial charge is 0.481 e. The van der Waals surface area contributed by atoms with Crippen molar-refractivity contribution in [3.8, 4) is 0 Å². The van der Waals surface area contributed by atoms with E-state index in [1.54, 1.807) is 6.07 Å². The van der Waals surface area contributed by atoms with Gasteiger partial charge in [0.1, 0.15) is 5.82 Å². The maximum absolute atomic E-state index is 13.9. The van der Waals surface area contributed by atoms with Crippen LogP contribution < -0.4 is 0 Å². The molecule has 0 atom stereocenters. The Morgan fingerprint density at radius 2 is 2.05 bits per heavy atom. The van der Waals surface area contributed by atoms with E-state index in [4.69, 9.17) is 5.11 Å². The van der Waals surface area contributed by atoms with E-state index >= 15 is 0 Å². The fourth-order valence-electron chi connectivity index (χ4n) is 1.82. The van der Waals surface area contributed by atoms with Crippen molar-refractivity contribution in [3.05, 3.63) is 34.1 Å². The standard InChI is InChI=1S/C14H17BrFNO3/c1-9(2)17(8-4-7-12(18)19)14(20)10-5-3-6-11(15)13(10)16/h3,5-6,9H,4,7-8H2,1-2H3,(H,18,19). The fourth-order valence-corrected chi connectivity index (χ4v) is 2.18. The third kappa shape index (κ3) is 4.30. The number of halogens is 2. The van der Waals surface area contributed by atoms with Gasteiger partial charge in [-0.2, -0.15) is 0 Å². The molecule has 1 aromatic carbocycles. The van der Waals surface area contributed by atoms with E-state index in [2.05, 4.69) is 15.9 Å². The van der Waals surface area contributed by atoms with Gasteiger partial charge in [-0.1, -0.05) is 6.07 Å². The lowest BCUT2D eigenvalue weighted by Crippen LogP contribution is -2.38. The molecule has 0 spiro atoms. The van der Waals surface area contributed by atoms with Gasteiger partial charge in [-0.25, -0.2) is 4.39 Å². The number of carbonyl (C=O) groups excluding carboxylic acids is 1. The highest BCUT2D eigenvalue weighted by Gasteiger charge is 2.22. The monoisotopic (exact) mass is 345 g/mol. The number of rotatable bonds is 6. The minimum absolute atomic E-state index is 0.0107. The van der Waals surface area contributed by atoms with Crippen molar-refractivity contribution in [2.75, 3.05) is 6.54 Å². The van der Waals surface area contributed by atoms with Crippen molar-refractivity contribution in [2.24, 2.45) is 0 Å². The second-order valence-corrected chi connectivity index (χ2v) is 5.55. The number of amides is 1. The Balaban J connectivity index is 2.88. The van der Waals surface area contributed by atoms with Crippen LogP contribution in [-0.4, -0.2) is 34.5 Å². The highest BCUT2D eigenvalue weighted by Crippen LogP contribution is 2.21. The predicted octanol–water partition coefficient (Wildman–Crippen LogP) is 3.30. The zero-order valence-electron chi connectivity index (χ0n) is 11.4. The first kappa shape index (κ1) is 16.6. The molecule has 0 aliphatic carbocycles. The summed E-state index contributed by atoms with van der Waals surface area (Å²) in [6.07, 6.45) is 0.326. The number of hydrogen-bond donors (Lipinski definition) is 1. The molecule has 0 aromatic heterocycles. The van der Waals surface area contributed by atoms with E-state index in [1.807, 2.05) is 13.8 Å². The van der Waals surface area contributed by atoms with Crippen molar-refractivity contribution in [2.45, 2.75) is 32.7 Å². The van der Waals surface area contributed by atoms with Crippen molar-refractivity contribution < 1.29 is 19.1 Å². The summed E-state index contributed by atoms with van der Waals surface area (Å²) in [6.45, 7) is 3.91. The number of nitrogens with zero attached hydrogens (tertiary/aromatic N) is 1. The lowest BCUT2D eigenvalue weighted by Gasteiger charge is -2.27. The lowest BCUT2D eigenvalue weighted by atomic mass is 10.1. The quantitative estimate of drug-likeness (QED) is 0.860. The summed E-state index contributed by atoms with van der Waals surface area (Å²) in [4.78, 5) is 24.4. The first-order valence-corrected chi connectivity index (χ1v) is 7.10. The van der Waals surface area contributed by atoms with E-state index in [0.717, 1.165) is 0 Å². The van der Waals surface area contributed by atoms with Crippen molar-refractivity contribution >= 4 is 27.8 Å². The number of hydrogen-bond acceptors (Lipinski definition) is 2. The maximum atomic E-state index is 13.9. The molecule has 0 aliphatic rings. The van der Waals surface area contributed by atoms with Crippen LogP contribution in [0.5, 0.6) is 0 Å². The van der Waals surface area contributed by atoms with Crippen molar-refractivity contribution in [3.63, 3.8) is 0 Å². The molecule has 110 valence electrons. The van der Waals surface area contributed by atoms with Gasteiger partial charge in [-0.3, -0.25) is 9.59 Å². The summed E-state index contributed by atoms with van der Waals surface area (Å²) in [7, 11) is 0. The third-order valence-corrected chi connectivity index (χ3v) is 3.47. The molecule has 0 radical (unpaired) electrons. The molecule has 1 amide bonds. The van der Waals surface area contributed by atoms with Crippen LogP contribution in [0, 0.1) is 5.82 Å². The van der Waals surface area contributed by atoms with Gasteiger partial charge in [0, 0.05) is 19.0 Å². The normalized spacial score (nSPS) is 10.7. The van der Waals surface area contributed by atoms with Crippen LogP contribution in [0.3, 0.4) is 0 Å². The molecule has 20 heavy (non-hydrogen) atoms. The van der Waals surface area contributed by atoms with Crippen LogP contribution in [0.25, 0.3) is 0 Å². The number of carboxylic acid groups (broad SMARTS) is 1. The molecule has 0 aliphatic heterocycles. The van der Waals surface area contributed by atoms with E-state index in [0.29, 0.717) is 6.42 Å². The van der Waals surface area contributed by atoms with Crippen LogP contribution in [0.2, 0.25) is 0 Å². The number of benzene rings is 1. The molecule has 1 rings (SSSR count). The highest BCUT2D eigenvalue weighted by atomic mass is 79.9. The number of carbonyl (C=O) groups is 2. The molecule has 0 bridgehead atoms. The molecule has 0 fully saturated rings. The molecular weight excluding hydrogens is 329 g/mol. The first-order chi connectivity index (χ1) is 9.34. The molecular formula is C14H17BrFNO3. The van der Waals surface area contributed by atoms with Gasteiger partial charge >= 0.3 is 5.97 Å². The van der Waals surface area contributed by atoms with E-state index in [-0.39, 0.29) is 29.0 Å². The van der Waals surface area contributed by atoms with Gasteiger partial charge in [-0.05, 0) is 48.3 Å². The van der Waals surface area contributed by atoms with Gasteiger partial charge in [-0.15, -0.1) is 0 Å². The maximum Gasteiger partial charge on any atom is 0.303 e. The van der Waals surface area contributed by atoms with Crippen LogP contribution in [0.15, 0.2) is 22.7 Å². The molecule has 4 nitrogen and oxygen atoms in total. The minimum atomic E-state index is -0.908. The van der Waals surface area contributed by atoms with Gasteiger partial charge in [0.05, 0.1) is 10.0 Å². The second kappa shape index (κ2) is 7.38. The van der Waals surface area contributed by atoms with Crippen molar-refractivity contribution in [1.29, 1.82) is 0 Å². The smallest absolute Gasteiger partial charge is 0.303 e. The van der Waals surface area contributed by atoms with E-state index in [9.17, 15) is 14.0 Å². The average molecular weight is 346 g/mol. The Morgan fingerprint density at radius 3 is 2.60 bits per heavy atom. The molecule has 0 saturated carbocycles. The predicted molar refractivity (Wildman–Crippen MR) is 77.1 cm³/mol. The second-order valence-electron chi connectivity index (χ2n) is 4.69. The molecule has 6 heteroatoms. The number of carboxylic acids is 1. The summed E-state index contributed by atoms with van der Waals surface area (Å²) >= 11 is 3.05. The van der Waals surface area contributed by atoms with Crippen LogP contribution in [-0.2, 0) is 4.79 Å². The summed E-state index contributed by atoms with van der Waals surface area (Å²) in [5.74, 6) is -1.93. The molecule has 0 unspecified atom stereocenters. The van der Waals surface area contributed by atoms with Gasteiger partial charge < -0.3 is 10.0 Å². The Bertz CT molecular complexity index is 505. The van der Waals surface area contributed by atoms with Crippen LogP contribution >= 0.6 is 15.9 Å². The fraction of sp³-hybridized carbons (Fsp3) is 0.429. The lowest BCUT2D eigenvalue weighted by molar-refractivity contribution is -0.137. The molecule has 1 aromatic rings. The Morgan fingerprint density at radius 1 is 1.40 bits per heavy atom. The summed E-state index contributed by atoms with van der Waals surface area (Å²) in [5.41, 5.74) is -0.0107. The summed E-state index contributed by atoms with van der Waals surface area (Å²) in [6, 6.07) is 4.41. The van der Waals surface area contributed by atoms with Crippen LogP contribution in [0.1, 0.15) is 37.0 Å². The minimum Gasteiger partial charge on any atom is -0.481 e. The van der Waals surface area contributed by atoms with Crippen molar-refractivity contribution in [1.82, 2.24) is 4.90 Å². The zero-order chi connectivity index (χ0) is 15.3. The molecule has 0 heterocycles. The average Bonchev–Trinajstić information content (AvgIpc) is 2.36. The Hall–Kier alpha value is -1.43. The topological polar surface area (TPSA) is 57.6 Å². The Kier molecular flexibility index (Phi) is 6.13. The summed E-state index contributed by atoms with van der Waals surface area (Å²) < 4.78 is 14.2. The third-order valence-electron chi connectivity index (χ3n) is 2.86. The summed E-state index contributed by atoms with van der Waals surface area (Å²) in [5, 5.41) is 8.63. The molecule has 0 saturated heterocycles. The van der Waals surface area contributed by atoms with E-state index < -0.39 is 17.7 Å². The number of aliphatic carboxylic acids is 1. The van der Waals surface area contributed by atoms with E-state index in [1.165, 1.54) is 17.0 Å². The van der Waals surface area contributed by atoms with Gasteiger partial charge in [0.2, 0.25) is 0 Å². The molecule has 1 N–H and O–H groups in total. The zero-order valence-corrected chi connectivity index (χ0v) is 13.0.